The maximum absolute atomic E-state index is 13.2. The quantitative estimate of drug-likeness (QED) is 0.789. The molecule has 29 heavy (non-hydrogen) atoms. The van der Waals surface area contributed by atoms with E-state index in [0.717, 1.165) is 23.6 Å². The van der Waals surface area contributed by atoms with Crippen LogP contribution in [0.1, 0.15) is 43.5 Å². The third kappa shape index (κ3) is 4.94. The first-order valence-corrected chi connectivity index (χ1v) is 10.4. The molecular weight excluding hydrogens is 366 g/mol. The first kappa shape index (κ1) is 20.8. The number of carbonyl (C=O) groups excluding carboxylic acids is 3. The van der Waals surface area contributed by atoms with E-state index >= 15 is 0 Å². The summed E-state index contributed by atoms with van der Waals surface area (Å²) < 4.78 is 0. The van der Waals surface area contributed by atoms with Crippen molar-refractivity contribution in [3.05, 3.63) is 48.0 Å². The van der Waals surface area contributed by atoms with E-state index in [0.29, 0.717) is 31.6 Å². The molecule has 1 heterocycles. The summed E-state index contributed by atoms with van der Waals surface area (Å²) in [5.74, 6) is -0.698. The molecule has 2 aromatic carbocycles. The van der Waals surface area contributed by atoms with Gasteiger partial charge in [0.05, 0.1) is 5.92 Å². The molecule has 0 aromatic heterocycles. The summed E-state index contributed by atoms with van der Waals surface area (Å²) in [4.78, 5) is 39.6. The molecule has 6 nitrogen and oxygen atoms in total. The fourth-order valence-corrected chi connectivity index (χ4v) is 3.76. The standard InChI is InChI=1S/C23H29N3O3/c1-3-13-24-21(27)16(2)25-22(28)18-10-7-14-26(15-18)23(29)20-12-6-9-17-8-4-5-11-19(17)20/h4-6,8-9,11-12,16,18H,3,7,10,13-15H2,1-2H3,(H,24,27)(H,25,28). The fraction of sp³-hybridized carbons (Fsp3) is 0.435. The number of benzene rings is 2. The Bertz CT molecular complexity index is 891. The zero-order valence-corrected chi connectivity index (χ0v) is 17.1. The summed E-state index contributed by atoms with van der Waals surface area (Å²) in [6.07, 6.45) is 2.33. The molecule has 0 bridgehead atoms. The maximum atomic E-state index is 13.2. The zero-order valence-electron chi connectivity index (χ0n) is 17.1. The summed E-state index contributed by atoms with van der Waals surface area (Å²) in [5.41, 5.74) is 0.663. The minimum Gasteiger partial charge on any atom is -0.354 e. The lowest BCUT2D eigenvalue weighted by Gasteiger charge is -2.33. The van der Waals surface area contributed by atoms with E-state index in [9.17, 15) is 14.4 Å². The molecule has 3 rings (SSSR count). The van der Waals surface area contributed by atoms with Crippen LogP contribution in [-0.4, -0.2) is 48.3 Å². The molecule has 2 N–H and O–H groups in total. The average Bonchev–Trinajstić information content (AvgIpc) is 2.76. The van der Waals surface area contributed by atoms with Gasteiger partial charge in [0, 0.05) is 25.2 Å². The molecule has 1 fully saturated rings. The summed E-state index contributed by atoms with van der Waals surface area (Å²) in [5, 5.41) is 7.53. The predicted octanol–water partition coefficient (Wildman–Crippen LogP) is 2.72. The molecule has 0 saturated carbocycles. The van der Waals surface area contributed by atoms with E-state index in [1.807, 2.05) is 49.4 Å². The molecule has 2 aromatic rings. The van der Waals surface area contributed by atoms with Gasteiger partial charge in [0.25, 0.3) is 5.91 Å². The number of hydrogen-bond donors (Lipinski definition) is 2. The van der Waals surface area contributed by atoms with Crippen LogP contribution >= 0.6 is 0 Å². The van der Waals surface area contributed by atoms with Gasteiger partial charge >= 0.3 is 0 Å². The first-order valence-electron chi connectivity index (χ1n) is 10.4. The van der Waals surface area contributed by atoms with Gasteiger partial charge in [0.15, 0.2) is 0 Å². The van der Waals surface area contributed by atoms with E-state index in [1.54, 1.807) is 11.8 Å². The van der Waals surface area contributed by atoms with Gasteiger partial charge in [0.1, 0.15) is 6.04 Å². The number of nitrogens with one attached hydrogen (secondary N) is 2. The van der Waals surface area contributed by atoms with Gasteiger partial charge in [-0.3, -0.25) is 14.4 Å². The van der Waals surface area contributed by atoms with E-state index < -0.39 is 6.04 Å². The molecule has 0 aliphatic carbocycles. The second-order valence-electron chi connectivity index (χ2n) is 7.64. The number of rotatable bonds is 6. The van der Waals surface area contributed by atoms with Crippen molar-refractivity contribution in [2.45, 2.75) is 39.2 Å². The Hall–Kier alpha value is -2.89. The number of piperidine rings is 1. The van der Waals surface area contributed by atoms with Gasteiger partial charge in [-0.15, -0.1) is 0 Å². The lowest BCUT2D eigenvalue weighted by atomic mass is 9.95. The molecule has 1 saturated heterocycles. The van der Waals surface area contributed by atoms with Crippen molar-refractivity contribution in [3.63, 3.8) is 0 Å². The second kappa shape index (κ2) is 9.54. The topological polar surface area (TPSA) is 78.5 Å². The Kier molecular flexibility index (Phi) is 6.86. The van der Waals surface area contributed by atoms with E-state index in [-0.39, 0.29) is 23.6 Å². The van der Waals surface area contributed by atoms with Crippen LogP contribution in [0.2, 0.25) is 0 Å². The van der Waals surface area contributed by atoms with Crippen molar-refractivity contribution in [2.75, 3.05) is 19.6 Å². The van der Waals surface area contributed by atoms with Crippen LogP contribution in [0.25, 0.3) is 10.8 Å². The minimum absolute atomic E-state index is 0.0481. The summed E-state index contributed by atoms with van der Waals surface area (Å²) in [6, 6.07) is 13.0. The molecule has 154 valence electrons. The Balaban J connectivity index is 1.66. The normalized spacial score (nSPS) is 17.6. The van der Waals surface area contributed by atoms with Crippen molar-refractivity contribution >= 4 is 28.5 Å². The second-order valence-corrected chi connectivity index (χ2v) is 7.64. The molecule has 1 aliphatic rings. The summed E-state index contributed by atoms with van der Waals surface area (Å²) >= 11 is 0. The largest absolute Gasteiger partial charge is 0.354 e. The first-order chi connectivity index (χ1) is 14.0. The predicted molar refractivity (Wildman–Crippen MR) is 113 cm³/mol. The monoisotopic (exact) mass is 395 g/mol. The van der Waals surface area contributed by atoms with Crippen LogP contribution in [0.15, 0.2) is 42.5 Å². The minimum atomic E-state index is -0.585. The third-order valence-electron chi connectivity index (χ3n) is 5.40. The number of fused-ring (bicyclic) bond motifs is 1. The molecular formula is C23H29N3O3. The van der Waals surface area contributed by atoms with Crippen LogP contribution in [0, 0.1) is 5.92 Å². The number of nitrogens with zero attached hydrogens (tertiary/aromatic N) is 1. The van der Waals surface area contributed by atoms with E-state index in [2.05, 4.69) is 10.6 Å². The highest BCUT2D eigenvalue weighted by molar-refractivity contribution is 6.07. The van der Waals surface area contributed by atoms with Gasteiger partial charge in [-0.1, -0.05) is 43.3 Å². The highest BCUT2D eigenvalue weighted by Gasteiger charge is 2.30. The molecule has 6 heteroatoms. The molecule has 0 spiro atoms. The van der Waals surface area contributed by atoms with E-state index in [4.69, 9.17) is 0 Å². The number of carbonyl (C=O) groups is 3. The SMILES string of the molecule is CCCNC(=O)C(C)NC(=O)C1CCCN(C(=O)c2cccc3ccccc23)C1. The highest BCUT2D eigenvalue weighted by atomic mass is 16.2. The molecule has 1 aliphatic heterocycles. The van der Waals surface area contributed by atoms with Gasteiger partial charge in [-0.2, -0.15) is 0 Å². The summed E-state index contributed by atoms with van der Waals surface area (Å²) in [6.45, 7) is 5.27. The van der Waals surface area contributed by atoms with Crippen molar-refractivity contribution in [1.29, 1.82) is 0 Å². The van der Waals surface area contributed by atoms with Crippen LogP contribution < -0.4 is 10.6 Å². The maximum Gasteiger partial charge on any atom is 0.254 e. The Labute approximate surface area is 171 Å². The van der Waals surface area contributed by atoms with Crippen LogP contribution in [0.3, 0.4) is 0 Å². The molecule has 2 unspecified atom stereocenters. The summed E-state index contributed by atoms with van der Waals surface area (Å²) in [7, 11) is 0. The smallest absolute Gasteiger partial charge is 0.254 e. The van der Waals surface area contributed by atoms with Crippen molar-refractivity contribution in [3.8, 4) is 0 Å². The van der Waals surface area contributed by atoms with Crippen molar-refractivity contribution in [2.24, 2.45) is 5.92 Å². The van der Waals surface area contributed by atoms with Crippen molar-refractivity contribution in [1.82, 2.24) is 15.5 Å². The number of likely N-dealkylation sites (tertiary alicyclic amines) is 1. The number of amides is 3. The van der Waals surface area contributed by atoms with Crippen LogP contribution in [0.4, 0.5) is 0 Å². The zero-order chi connectivity index (χ0) is 20.8. The molecule has 2 atom stereocenters. The Morgan fingerprint density at radius 1 is 1.14 bits per heavy atom. The van der Waals surface area contributed by atoms with Gasteiger partial charge in [0.2, 0.25) is 11.8 Å². The Morgan fingerprint density at radius 3 is 2.69 bits per heavy atom. The Morgan fingerprint density at radius 2 is 1.90 bits per heavy atom. The fourth-order valence-electron chi connectivity index (χ4n) is 3.76. The van der Waals surface area contributed by atoms with E-state index in [1.165, 1.54) is 0 Å². The average molecular weight is 396 g/mol. The van der Waals surface area contributed by atoms with Gasteiger partial charge in [-0.25, -0.2) is 0 Å². The number of hydrogen-bond acceptors (Lipinski definition) is 3. The van der Waals surface area contributed by atoms with Crippen LogP contribution in [-0.2, 0) is 9.59 Å². The lowest BCUT2D eigenvalue weighted by molar-refractivity contribution is -0.131. The van der Waals surface area contributed by atoms with Crippen molar-refractivity contribution < 1.29 is 14.4 Å². The molecule has 3 amide bonds. The highest BCUT2D eigenvalue weighted by Crippen LogP contribution is 2.23. The van der Waals surface area contributed by atoms with Crippen LogP contribution in [0.5, 0.6) is 0 Å². The van der Waals surface area contributed by atoms with Gasteiger partial charge in [-0.05, 0) is 43.0 Å². The lowest BCUT2D eigenvalue weighted by Crippen LogP contribution is -2.50. The van der Waals surface area contributed by atoms with Gasteiger partial charge < -0.3 is 15.5 Å². The molecule has 0 radical (unpaired) electrons. The third-order valence-corrected chi connectivity index (χ3v) is 5.40.